The fourth-order valence-electron chi connectivity index (χ4n) is 4.92. The van der Waals surface area contributed by atoms with Gasteiger partial charge in [0.1, 0.15) is 11.6 Å². The molecular weight excluding hydrogens is 476 g/mol. The summed E-state index contributed by atoms with van der Waals surface area (Å²) in [7, 11) is 0. The third-order valence-electron chi connectivity index (χ3n) is 7.29. The lowest BCUT2D eigenvalue weighted by atomic mass is 9.93. The van der Waals surface area contributed by atoms with Gasteiger partial charge < -0.3 is 14.8 Å². The van der Waals surface area contributed by atoms with Gasteiger partial charge in [0.25, 0.3) is 0 Å². The van der Waals surface area contributed by atoms with Crippen LogP contribution in [0.15, 0.2) is 47.5 Å². The third-order valence-corrected chi connectivity index (χ3v) is 7.59. The van der Waals surface area contributed by atoms with Crippen LogP contribution in [0.2, 0.25) is 5.02 Å². The van der Waals surface area contributed by atoms with Crippen LogP contribution >= 0.6 is 11.6 Å². The summed E-state index contributed by atoms with van der Waals surface area (Å²) in [5.41, 5.74) is 4.47. The lowest BCUT2D eigenvalue weighted by Gasteiger charge is -2.30. The molecule has 0 saturated heterocycles. The molecule has 36 heavy (non-hydrogen) atoms. The number of β-amino-alcohol motifs (C(OH)–C–C–N with tert-alkyl or cyclic N) is 1. The van der Waals surface area contributed by atoms with E-state index in [1.165, 1.54) is 35.7 Å². The quantitative estimate of drug-likeness (QED) is 0.357. The highest BCUT2D eigenvalue weighted by molar-refractivity contribution is 6.33. The molecule has 1 aliphatic heterocycles. The number of aromatic nitrogens is 2. The highest BCUT2D eigenvalue weighted by Gasteiger charge is 2.22. The molecule has 1 aliphatic carbocycles. The number of oxazole rings is 1. The minimum atomic E-state index is -0.565. The molecule has 0 spiro atoms. The summed E-state index contributed by atoms with van der Waals surface area (Å²) >= 11 is 6.26. The summed E-state index contributed by atoms with van der Waals surface area (Å²) in [5, 5.41) is 14.4. The van der Waals surface area contributed by atoms with E-state index in [1.54, 1.807) is 12.3 Å². The van der Waals surface area contributed by atoms with Crippen molar-refractivity contribution in [1.82, 2.24) is 14.9 Å². The van der Waals surface area contributed by atoms with Gasteiger partial charge in [-0.3, -0.25) is 9.69 Å². The Kier molecular flexibility index (Phi) is 7.99. The summed E-state index contributed by atoms with van der Waals surface area (Å²) in [6.45, 7) is 2.27. The van der Waals surface area contributed by atoms with Crippen molar-refractivity contribution in [3.63, 3.8) is 0 Å². The summed E-state index contributed by atoms with van der Waals surface area (Å²) in [5.74, 6) is 1.55. The highest BCUT2D eigenvalue weighted by Crippen LogP contribution is 2.26. The minimum absolute atomic E-state index is 0.0556. The number of hydrogen-bond acceptors (Lipinski definition) is 7. The number of halogens is 1. The molecule has 7 nitrogen and oxygen atoms in total. The van der Waals surface area contributed by atoms with Crippen molar-refractivity contribution < 1.29 is 14.3 Å². The molecule has 2 aromatic heterocycles. The van der Waals surface area contributed by atoms with E-state index in [2.05, 4.69) is 38.4 Å². The number of carbonyl (C=O) groups excluding carboxylic acids is 1. The zero-order valence-electron chi connectivity index (χ0n) is 20.5. The van der Waals surface area contributed by atoms with Crippen molar-refractivity contribution in [2.45, 2.75) is 70.1 Å². The van der Waals surface area contributed by atoms with Crippen LogP contribution in [0.5, 0.6) is 0 Å². The molecule has 190 valence electrons. The number of nitrogens with zero attached hydrogens (tertiary/aromatic N) is 3. The fraction of sp³-hybridized carbons (Fsp3) is 0.464. The number of fused-ring (bicyclic) bond motifs is 1. The molecule has 1 fully saturated rings. The molecule has 0 amide bonds. The normalized spacial score (nSPS) is 16.8. The van der Waals surface area contributed by atoms with E-state index in [0.717, 1.165) is 51.0 Å². The number of rotatable bonds is 11. The van der Waals surface area contributed by atoms with Crippen LogP contribution in [0.4, 0.5) is 5.82 Å². The van der Waals surface area contributed by atoms with Crippen molar-refractivity contribution in [3.05, 3.63) is 76.1 Å². The first kappa shape index (κ1) is 24.9. The lowest BCUT2D eigenvalue weighted by molar-refractivity contribution is 0.0837. The van der Waals surface area contributed by atoms with Crippen LogP contribution in [0.3, 0.4) is 0 Å². The maximum absolute atomic E-state index is 12.8. The average Bonchev–Trinajstić information content (AvgIpc) is 3.38. The number of benzene rings is 1. The number of Topliss-reactive ketones (excluding diaryl/α,β-unsaturated/α-hetero) is 1. The predicted molar refractivity (Wildman–Crippen MR) is 139 cm³/mol. The van der Waals surface area contributed by atoms with Gasteiger partial charge in [0, 0.05) is 50.3 Å². The third kappa shape index (κ3) is 6.33. The molecule has 1 aromatic carbocycles. The molecule has 3 heterocycles. The molecule has 0 radical (unpaired) electrons. The Morgan fingerprint density at radius 3 is 2.89 bits per heavy atom. The smallest absolute Gasteiger partial charge is 0.180 e. The molecule has 3 aromatic rings. The Balaban J connectivity index is 1.09. The van der Waals surface area contributed by atoms with E-state index in [4.69, 9.17) is 16.0 Å². The van der Waals surface area contributed by atoms with Gasteiger partial charge >= 0.3 is 0 Å². The Morgan fingerprint density at radius 2 is 2.11 bits per heavy atom. The molecular formula is C28H33ClN4O3. The van der Waals surface area contributed by atoms with Gasteiger partial charge in [0.2, 0.25) is 0 Å². The number of aliphatic hydroxyl groups is 1. The monoisotopic (exact) mass is 508 g/mol. The van der Waals surface area contributed by atoms with Gasteiger partial charge in [-0.2, -0.15) is 0 Å². The molecule has 0 bridgehead atoms. The number of nitrogens with one attached hydrogen (secondary N) is 1. The van der Waals surface area contributed by atoms with E-state index >= 15 is 0 Å². The van der Waals surface area contributed by atoms with Crippen LogP contribution in [0.25, 0.3) is 0 Å². The van der Waals surface area contributed by atoms with E-state index in [9.17, 15) is 9.90 Å². The first-order valence-corrected chi connectivity index (χ1v) is 13.2. The molecule has 5 rings (SSSR count). The lowest BCUT2D eigenvalue weighted by Crippen LogP contribution is -2.36. The second-order valence-corrected chi connectivity index (χ2v) is 10.4. The Labute approximate surface area is 216 Å². The van der Waals surface area contributed by atoms with Crippen molar-refractivity contribution in [1.29, 1.82) is 0 Å². The zero-order valence-corrected chi connectivity index (χ0v) is 21.2. The van der Waals surface area contributed by atoms with Crippen LogP contribution in [0.1, 0.15) is 64.9 Å². The van der Waals surface area contributed by atoms with Crippen molar-refractivity contribution >= 4 is 23.2 Å². The van der Waals surface area contributed by atoms with Gasteiger partial charge in [-0.25, -0.2) is 9.97 Å². The second kappa shape index (κ2) is 11.5. The number of ketones is 1. The number of anilines is 1. The molecule has 0 unspecified atom stereocenters. The number of hydrogen-bond donors (Lipinski definition) is 2. The number of aryl methyl sites for hydroxylation is 2. The fourth-order valence-corrected chi connectivity index (χ4v) is 5.13. The topological polar surface area (TPSA) is 91.5 Å². The Bertz CT molecular complexity index is 1180. The number of aliphatic hydroxyl groups excluding tert-OH is 1. The van der Waals surface area contributed by atoms with E-state index in [-0.39, 0.29) is 12.2 Å². The van der Waals surface area contributed by atoms with Crippen LogP contribution in [-0.2, 0) is 25.8 Å². The average molecular weight is 509 g/mol. The summed E-state index contributed by atoms with van der Waals surface area (Å²) in [6.07, 6.45) is 11.1. The van der Waals surface area contributed by atoms with Gasteiger partial charge in [-0.05, 0) is 61.3 Å². The van der Waals surface area contributed by atoms with Gasteiger partial charge in [-0.1, -0.05) is 29.8 Å². The van der Waals surface area contributed by atoms with Crippen LogP contribution < -0.4 is 5.32 Å². The van der Waals surface area contributed by atoms with E-state index in [1.807, 2.05) is 0 Å². The number of carbonyl (C=O) groups is 1. The van der Waals surface area contributed by atoms with Crippen LogP contribution in [0, 0.1) is 0 Å². The summed E-state index contributed by atoms with van der Waals surface area (Å²) in [4.78, 5) is 23.4. The van der Waals surface area contributed by atoms with Crippen LogP contribution in [-0.4, -0.2) is 51.0 Å². The molecule has 1 saturated carbocycles. The summed E-state index contributed by atoms with van der Waals surface area (Å²) in [6, 6.07) is 8.86. The molecule has 1 atom stereocenters. The predicted octanol–water partition coefficient (Wildman–Crippen LogP) is 4.85. The van der Waals surface area contributed by atoms with Crippen molar-refractivity contribution in [3.8, 4) is 0 Å². The minimum Gasteiger partial charge on any atom is -0.449 e. The Hall–Kier alpha value is -2.74. The van der Waals surface area contributed by atoms with Crippen molar-refractivity contribution in [2.24, 2.45) is 0 Å². The molecule has 2 N–H and O–H groups in total. The van der Waals surface area contributed by atoms with E-state index < -0.39 is 6.10 Å². The standard InChI is InChI=1S/C28H33ClN4O3/c29-26-15-31-28(32-22-2-1-3-22)13-25(26)27(35)9-7-23(34)17-33-11-10-20-12-19(4-6-21(20)16-33)5-8-24-14-30-18-36-24/h4,6,12-15,18,22-23,34H,1-3,5,7-11,16-17H2,(H,31,32)/t23-/m0/s1. The van der Waals surface area contributed by atoms with E-state index in [0.29, 0.717) is 35.4 Å². The zero-order chi connectivity index (χ0) is 24.9. The van der Waals surface area contributed by atoms with Crippen molar-refractivity contribution in [2.75, 3.05) is 18.4 Å². The summed E-state index contributed by atoms with van der Waals surface area (Å²) < 4.78 is 5.33. The highest BCUT2D eigenvalue weighted by atomic mass is 35.5. The first-order valence-electron chi connectivity index (χ1n) is 12.9. The number of pyridine rings is 1. The largest absolute Gasteiger partial charge is 0.449 e. The van der Waals surface area contributed by atoms with Gasteiger partial charge in [-0.15, -0.1) is 0 Å². The second-order valence-electron chi connectivity index (χ2n) is 9.99. The van der Waals surface area contributed by atoms with Gasteiger partial charge in [0.15, 0.2) is 12.2 Å². The SMILES string of the molecule is O=C(CC[C@H](O)CN1CCc2cc(CCc3cnco3)ccc2C1)c1cc(NC2CCC2)ncc1Cl. The first-order chi connectivity index (χ1) is 17.5. The molecule has 2 aliphatic rings. The molecule has 8 heteroatoms. The maximum Gasteiger partial charge on any atom is 0.180 e. The maximum atomic E-state index is 12.8. The van der Waals surface area contributed by atoms with Gasteiger partial charge in [0.05, 0.1) is 17.3 Å². The Morgan fingerprint density at radius 1 is 1.22 bits per heavy atom.